The number of hydrogen-bond acceptors (Lipinski definition) is 2. The van der Waals surface area contributed by atoms with Gasteiger partial charge in [-0.15, -0.1) is 0 Å². The number of fused-ring (bicyclic) bond motifs is 3. The molecule has 0 radical (unpaired) electrons. The molecule has 0 bridgehead atoms. The summed E-state index contributed by atoms with van der Waals surface area (Å²) in [4.78, 5) is 0. The Kier molecular flexibility index (Phi) is 6.47. The molecule has 0 unspecified atom stereocenters. The maximum absolute atomic E-state index is 6.59. The molecule has 0 saturated heterocycles. The highest BCUT2D eigenvalue weighted by Crippen LogP contribution is 2.42. The van der Waals surface area contributed by atoms with Crippen LogP contribution in [0.25, 0.3) is 39.0 Å². The summed E-state index contributed by atoms with van der Waals surface area (Å²) in [5.41, 5.74) is 8.16. The zero-order valence-corrected chi connectivity index (χ0v) is 23.8. The molecule has 0 atom stereocenters. The zero-order chi connectivity index (χ0) is 26.6. The second-order valence-electron chi connectivity index (χ2n) is 11.5. The van der Waals surface area contributed by atoms with Crippen molar-refractivity contribution in [2.75, 3.05) is 0 Å². The quantitative estimate of drug-likeness (QED) is 0.221. The summed E-state index contributed by atoms with van der Waals surface area (Å²) < 4.78 is 11.2. The van der Waals surface area contributed by atoms with Gasteiger partial charge in [-0.25, -0.2) is 4.57 Å². The molecular weight excluding hydrogens is 454 g/mol. The molecule has 0 aliphatic heterocycles. The lowest BCUT2D eigenvalue weighted by molar-refractivity contribution is -0.711. The lowest BCUT2D eigenvalue weighted by atomic mass is 9.89. The first-order valence-electron chi connectivity index (χ1n) is 13.7. The Balaban J connectivity index is 1.98. The third-order valence-corrected chi connectivity index (χ3v) is 7.48. The van der Waals surface area contributed by atoms with Gasteiger partial charge in [0.2, 0.25) is 0 Å². The fourth-order valence-corrected chi connectivity index (χ4v) is 5.83. The molecule has 0 amide bonds. The second kappa shape index (κ2) is 9.48. The van der Waals surface area contributed by atoms with Crippen molar-refractivity contribution in [1.82, 2.24) is 9.78 Å². The van der Waals surface area contributed by atoms with Crippen molar-refractivity contribution in [3.05, 3.63) is 77.1 Å². The highest BCUT2D eigenvalue weighted by Gasteiger charge is 2.35. The van der Waals surface area contributed by atoms with Gasteiger partial charge in [-0.2, -0.15) is 0 Å². The molecule has 5 aromatic rings. The van der Waals surface area contributed by atoms with Gasteiger partial charge in [0.1, 0.15) is 11.2 Å². The van der Waals surface area contributed by atoms with Crippen LogP contribution < -0.4 is 4.57 Å². The van der Waals surface area contributed by atoms with Gasteiger partial charge < -0.3 is 4.42 Å². The highest BCUT2D eigenvalue weighted by atomic mass is 16.3. The molecule has 2 aromatic heterocycles. The van der Waals surface area contributed by atoms with E-state index in [9.17, 15) is 0 Å². The van der Waals surface area contributed by atoms with Crippen LogP contribution in [0.5, 0.6) is 0 Å². The van der Waals surface area contributed by atoms with Crippen molar-refractivity contribution >= 4 is 21.9 Å². The van der Waals surface area contributed by atoms with Gasteiger partial charge in [-0.1, -0.05) is 82.6 Å². The van der Waals surface area contributed by atoms with Crippen LogP contribution in [0, 0.1) is 6.92 Å². The number of furan rings is 1. The van der Waals surface area contributed by atoms with E-state index in [1.807, 2.05) is 6.07 Å². The summed E-state index contributed by atoms with van der Waals surface area (Å²) in [6.07, 6.45) is 0. The number of rotatable bonds is 6. The molecule has 0 saturated carbocycles. The largest absolute Gasteiger partial charge is 0.456 e. The first kappa shape index (κ1) is 25.3. The Labute approximate surface area is 220 Å². The molecule has 0 fully saturated rings. The Morgan fingerprint density at radius 3 is 2.05 bits per heavy atom. The standard InChI is InChI=1S/C33H40N3O/c1-19(2)24-14-10-11-16-26(24)33-35(22(7)8)23(9)34-36(33)31-27(20(3)4)18-28-25-15-12-13-17-29(25)37-32(28)30(31)21(5)6/h10-22H,1-9H3/q+1. The third kappa shape index (κ3) is 4.07. The van der Waals surface area contributed by atoms with Crippen LogP contribution in [0.15, 0.2) is 59.0 Å². The Hall–Kier alpha value is -3.40. The maximum Gasteiger partial charge on any atom is 0.275 e. The molecule has 5 rings (SSSR count). The molecule has 192 valence electrons. The summed E-state index contributed by atoms with van der Waals surface area (Å²) in [6.45, 7) is 20.3. The van der Waals surface area contributed by atoms with Crippen LogP contribution in [-0.4, -0.2) is 9.78 Å². The van der Waals surface area contributed by atoms with Crippen molar-refractivity contribution in [2.24, 2.45) is 0 Å². The minimum atomic E-state index is 0.252. The molecule has 0 aliphatic rings. The van der Waals surface area contributed by atoms with E-state index in [0.29, 0.717) is 11.8 Å². The topological polar surface area (TPSA) is 34.8 Å². The predicted molar refractivity (Wildman–Crippen MR) is 154 cm³/mol. The van der Waals surface area contributed by atoms with E-state index in [0.717, 1.165) is 28.5 Å². The lowest BCUT2D eigenvalue weighted by Crippen LogP contribution is -2.40. The van der Waals surface area contributed by atoms with Crippen molar-refractivity contribution in [1.29, 1.82) is 0 Å². The van der Waals surface area contributed by atoms with Gasteiger partial charge in [-0.3, -0.25) is 0 Å². The molecule has 0 spiro atoms. The average molecular weight is 495 g/mol. The summed E-state index contributed by atoms with van der Waals surface area (Å²) >= 11 is 0. The van der Waals surface area contributed by atoms with E-state index in [1.54, 1.807) is 0 Å². The van der Waals surface area contributed by atoms with E-state index in [2.05, 4.69) is 120 Å². The van der Waals surface area contributed by atoms with E-state index in [1.165, 1.54) is 33.0 Å². The predicted octanol–water partition coefficient (Wildman–Crippen LogP) is 8.99. The second-order valence-corrected chi connectivity index (χ2v) is 11.5. The monoisotopic (exact) mass is 494 g/mol. The minimum absolute atomic E-state index is 0.252. The number of para-hydroxylation sites is 1. The Morgan fingerprint density at radius 2 is 1.41 bits per heavy atom. The number of hydrogen-bond donors (Lipinski definition) is 0. The Morgan fingerprint density at radius 1 is 0.757 bits per heavy atom. The van der Waals surface area contributed by atoms with Crippen LogP contribution >= 0.6 is 0 Å². The first-order valence-corrected chi connectivity index (χ1v) is 13.7. The Bertz CT molecular complexity index is 1600. The summed E-state index contributed by atoms with van der Waals surface area (Å²) in [5.74, 6) is 3.11. The van der Waals surface area contributed by atoms with Gasteiger partial charge in [-0.05, 0) is 60.9 Å². The van der Waals surface area contributed by atoms with Crippen LogP contribution in [0.1, 0.15) is 102 Å². The normalized spacial score (nSPS) is 12.4. The molecule has 3 aromatic carbocycles. The molecule has 2 heterocycles. The van der Waals surface area contributed by atoms with E-state index in [4.69, 9.17) is 9.52 Å². The van der Waals surface area contributed by atoms with E-state index in [-0.39, 0.29) is 12.0 Å². The van der Waals surface area contributed by atoms with Gasteiger partial charge in [0.25, 0.3) is 11.6 Å². The SMILES string of the molecule is Cc1nn(-c2c(C(C)C)cc3c(oc4ccccc43)c2C(C)C)c(-c2ccccc2C(C)C)[n+]1C(C)C. The van der Waals surface area contributed by atoms with Gasteiger partial charge in [0, 0.05) is 28.4 Å². The van der Waals surface area contributed by atoms with Gasteiger partial charge >= 0.3 is 0 Å². The van der Waals surface area contributed by atoms with Crippen molar-refractivity contribution < 1.29 is 8.98 Å². The molecular formula is C33H40N3O+. The number of benzene rings is 3. The van der Waals surface area contributed by atoms with Gasteiger partial charge in [0.15, 0.2) is 5.69 Å². The van der Waals surface area contributed by atoms with Crippen molar-refractivity contribution in [3.63, 3.8) is 0 Å². The molecule has 0 N–H and O–H groups in total. The smallest absolute Gasteiger partial charge is 0.275 e. The molecule has 0 aliphatic carbocycles. The third-order valence-electron chi connectivity index (χ3n) is 7.48. The molecule has 4 nitrogen and oxygen atoms in total. The fourth-order valence-electron chi connectivity index (χ4n) is 5.83. The van der Waals surface area contributed by atoms with Crippen LogP contribution in [0.2, 0.25) is 0 Å². The molecule has 4 heteroatoms. The number of nitrogens with zero attached hydrogens (tertiary/aromatic N) is 3. The fraction of sp³-hybridized carbons (Fsp3) is 0.394. The number of aryl methyl sites for hydroxylation is 1. The minimum Gasteiger partial charge on any atom is -0.456 e. The first-order chi connectivity index (χ1) is 17.6. The lowest BCUT2D eigenvalue weighted by Gasteiger charge is -2.19. The zero-order valence-electron chi connectivity index (χ0n) is 23.8. The summed E-state index contributed by atoms with van der Waals surface area (Å²) in [6, 6.07) is 19.8. The average Bonchev–Trinajstić information content (AvgIpc) is 3.39. The molecule has 37 heavy (non-hydrogen) atoms. The summed E-state index contributed by atoms with van der Waals surface area (Å²) in [7, 11) is 0. The van der Waals surface area contributed by atoms with Crippen LogP contribution in [0.3, 0.4) is 0 Å². The van der Waals surface area contributed by atoms with Crippen molar-refractivity contribution in [3.8, 4) is 17.1 Å². The van der Waals surface area contributed by atoms with Crippen LogP contribution in [-0.2, 0) is 0 Å². The van der Waals surface area contributed by atoms with E-state index >= 15 is 0 Å². The van der Waals surface area contributed by atoms with Gasteiger partial charge in [0.05, 0.1) is 11.6 Å². The van der Waals surface area contributed by atoms with Crippen LogP contribution in [0.4, 0.5) is 0 Å². The van der Waals surface area contributed by atoms with E-state index < -0.39 is 0 Å². The van der Waals surface area contributed by atoms with Crippen molar-refractivity contribution in [2.45, 2.75) is 86.1 Å². The number of aromatic nitrogens is 3. The highest BCUT2D eigenvalue weighted by molar-refractivity contribution is 6.07. The maximum atomic E-state index is 6.59. The summed E-state index contributed by atoms with van der Waals surface area (Å²) in [5, 5.41) is 7.63.